The fourth-order valence-corrected chi connectivity index (χ4v) is 3.65. The van der Waals surface area contributed by atoms with Crippen molar-refractivity contribution in [1.29, 1.82) is 0 Å². The summed E-state index contributed by atoms with van der Waals surface area (Å²) in [6.07, 6.45) is 0.490. The molecule has 5 heteroatoms. The molecule has 1 aliphatic heterocycles. The maximum absolute atomic E-state index is 12.1. The second kappa shape index (κ2) is 8.30. The lowest BCUT2D eigenvalue weighted by atomic mass is 10.1. The van der Waals surface area contributed by atoms with E-state index >= 15 is 0 Å². The largest absolute Gasteiger partial charge is 0.486 e. The molecule has 0 aromatic heterocycles. The standard InChI is InChI=1S/C20H23NO3S/c1-14-3-4-15(2)16(11-14)13-25-10-7-20(22)21-17-5-6-18-19(12-17)24-9-8-23-18/h3-6,11-12H,7-10,13H2,1-2H3,(H,21,22). The Morgan fingerprint density at radius 2 is 1.88 bits per heavy atom. The summed E-state index contributed by atoms with van der Waals surface area (Å²) in [5, 5.41) is 2.92. The van der Waals surface area contributed by atoms with Gasteiger partial charge in [0.1, 0.15) is 13.2 Å². The van der Waals surface area contributed by atoms with Crippen molar-refractivity contribution in [1.82, 2.24) is 0 Å². The van der Waals surface area contributed by atoms with E-state index in [1.165, 1.54) is 16.7 Å². The van der Waals surface area contributed by atoms with E-state index in [-0.39, 0.29) is 5.91 Å². The Labute approximate surface area is 152 Å². The van der Waals surface area contributed by atoms with Crippen molar-refractivity contribution in [3.05, 3.63) is 53.1 Å². The Balaban J connectivity index is 1.44. The molecule has 132 valence electrons. The van der Waals surface area contributed by atoms with Crippen LogP contribution in [-0.2, 0) is 10.5 Å². The summed E-state index contributed by atoms with van der Waals surface area (Å²) in [7, 11) is 0. The van der Waals surface area contributed by atoms with Gasteiger partial charge in [0.05, 0.1) is 0 Å². The molecule has 1 heterocycles. The number of hydrogen-bond donors (Lipinski definition) is 1. The van der Waals surface area contributed by atoms with Gasteiger partial charge in [-0.1, -0.05) is 23.8 Å². The average Bonchev–Trinajstić information content (AvgIpc) is 2.61. The minimum atomic E-state index is 0.0186. The predicted octanol–water partition coefficient (Wildman–Crippen LogP) is 4.34. The summed E-state index contributed by atoms with van der Waals surface area (Å²) in [6.45, 7) is 5.34. The van der Waals surface area contributed by atoms with Gasteiger partial charge in [-0.3, -0.25) is 4.79 Å². The molecule has 0 atom stereocenters. The van der Waals surface area contributed by atoms with Gasteiger partial charge in [-0.25, -0.2) is 0 Å². The fraction of sp³-hybridized carbons (Fsp3) is 0.350. The monoisotopic (exact) mass is 357 g/mol. The van der Waals surface area contributed by atoms with Crippen LogP contribution in [-0.4, -0.2) is 24.9 Å². The van der Waals surface area contributed by atoms with Gasteiger partial charge in [0, 0.05) is 29.7 Å². The van der Waals surface area contributed by atoms with Crippen LogP contribution in [0.4, 0.5) is 5.69 Å². The van der Waals surface area contributed by atoms with E-state index in [9.17, 15) is 4.79 Å². The molecule has 0 saturated heterocycles. The van der Waals surface area contributed by atoms with E-state index in [0.717, 1.165) is 22.9 Å². The number of rotatable bonds is 6. The minimum absolute atomic E-state index is 0.0186. The number of aryl methyl sites for hydroxylation is 2. The van der Waals surface area contributed by atoms with Crippen molar-refractivity contribution in [2.75, 3.05) is 24.3 Å². The molecule has 3 rings (SSSR count). The zero-order valence-corrected chi connectivity index (χ0v) is 15.4. The third-order valence-corrected chi connectivity index (χ3v) is 5.07. The minimum Gasteiger partial charge on any atom is -0.486 e. The highest BCUT2D eigenvalue weighted by molar-refractivity contribution is 7.98. The first kappa shape index (κ1) is 17.7. The number of hydrogen-bond acceptors (Lipinski definition) is 4. The van der Waals surface area contributed by atoms with E-state index in [1.807, 2.05) is 18.2 Å². The normalized spacial score (nSPS) is 12.7. The summed E-state index contributed by atoms with van der Waals surface area (Å²) in [6, 6.07) is 12.0. The van der Waals surface area contributed by atoms with Crippen LogP contribution in [0.25, 0.3) is 0 Å². The highest BCUT2D eigenvalue weighted by atomic mass is 32.2. The molecule has 4 nitrogen and oxygen atoms in total. The van der Waals surface area contributed by atoms with Crippen LogP contribution in [0, 0.1) is 13.8 Å². The smallest absolute Gasteiger partial charge is 0.225 e. The van der Waals surface area contributed by atoms with Crippen LogP contribution in [0.2, 0.25) is 0 Å². The van der Waals surface area contributed by atoms with E-state index in [2.05, 4.69) is 37.4 Å². The number of nitrogens with one attached hydrogen (secondary N) is 1. The lowest BCUT2D eigenvalue weighted by molar-refractivity contribution is -0.115. The summed E-state index contributed by atoms with van der Waals surface area (Å²) in [4.78, 5) is 12.1. The first-order valence-corrected chi connectivity index (χ1v) is 9.60. The molecule has 0 radical (unpaired) electrons. The number of carbonyl (C=O) groups excluding carboxylic acids is 1. The van der Waals surface area contributed by atoms with Gasteiger partial charge < -0.3 is 14.8 Å². The SMILES string of the molecule is Cc1ccc(C)c(CSCCC(=O)Nc2ccc3c(c2)OCCO3)c1. The Morgan fingerprint density at radius 1 is 1.08 bits per heavy atom. The van der Waals surface area contributed by atoms with Crippen molar-refractivity contribution in [2.45, 2.75) is 26.0 Å². The highest BCUT2D eigenvalue weighted by Crippen LogP contribution is 2.32. The number of carbonyl (C=O) groups is 1. The number of thioether (sulfide) groups is 1. The Bertz CT molecular complexity index is 761. The topological polar surface area (TPSA) is 47.6 Å². The molecule has 1 amide bonds. The maximum Gasteiger partial charge on any atom is 0.225 e. The summed E-state index contributed by atoms with van der Waals surface area (Å²) >= 11 is 1.79. The van der Waals surface area contributed by atoms with Crippen LogP contribution in [0.15, 0.2) is 36.4 Å². The number of amides is 1. The zero-order valence-electron chi connectivity index (χ0n) is 14.6. The van der Waals surface area contributed by atoms with Gasteiger partial charge in [-0.15, -0.1) is 0 Å². The van der Waals surface area contributed by atoms with Gasteiger partial charge in [0.2, 0.25) is 5.91 Å². The third-order valence-electron chi connectivity index (χ3n) is 4.06. The Kier molecular flexibility index (Phi) is 5.87. The summed E-state index contributed by atoms with van der Waals surface area (Å²) in [5.41, 5.74) is 4.67. The second-order valence-corrected chi connectivity index (χ2v) is 7.24. The number of fused-ring (bicyclic) bond motifs is 1. The van der Waals surface area contributed by atoms with Crippen LogP contribution in [0.1, 0.15) is 23.1 Å². The van der Waals surface area contributed by atoms with Crippen molar-refractivity contribution in [3.63, 3.8) is 0 Å². The van der Waals surface area contributed by atoms with Crippen molar-refractivity contribution >= 4 is 23.4 Å². The molecular weight excluding hydrogens is 334 g/mol. The van der Waals surface area contributed by atoms with Crippen LogP contribution >= 0.6 is 11.8 Å². The molecule has 2 aromatic carbocycles. The lowest BCUT2D eigenvalue weighted by Crippen LogP contribution is -2.16. The van der Waals surface area contributed by atoms with Crippen LogP contribution in [0.5, 0.6) is 11.5 Å². The van der Waals surface area contributed by atoms with Crippen LogP contribution < -0.4 is 14.8 Å². The van der Waals surface area contributed by atoms with Gasteiger partial charge in [0.15, 0.2) is 11.5 Å². The molecule has 1 N–H and O–H groups in total. The molecule has 0 spiro atoms. The van der Waals surface area contributed by atoms with Gasteiger partial charge in [0.25, 0.3) is 0 Å². The van der Waals surface area contributed by atoms with E-state index in [1.54, 1.807) is 11.8 Å². The van der Waals surface area contributed by atoms with E-state index in [4.69, 9.17) is 9.47 Å². The highest BCUT2D eigenvalue weighted by Gasteiger charge is 2.12. The lowest BCUT2D eigenvalue weighted by Gasteiger charge is -2.19. The second-order valence-electron chi connectivity index (χ2n) is 6.14. The fourth-order valence-electron chi connectivity index (χ4n) is 2.65. The molecule has 1 aliphatic rings. The summed E-state index contributed by atoms with van der Waals surface area (Å²) in [5.74, 6) is 3.17. The molecule has 2 aromatic rings. The van der Waals surface area contributed by atoms with Crippen LogP contribution in [0.3, 0.4) is 0 Å². The third kappa shape index (κ3) is 4.92. The zero-order chi connectivity index (χ0) is 17.6. The first-order chi connectivity index (χ1) is 12.1. The molecule has 0 aliphatic carbocycles. The Hall–Kier alpha value is -2.14. The number of anilines is 1. The maximum atomic E-state index is 12.1. The van der Waals surface area contributed by atoms with E-state index in [0.29, 0.717) is 25.4 Å². The van der Waals surface area contributed by atoms with Gasteiger partial charge >= 0.3 is 0 Å². The molecule has 0 fully saturated rings. The predicted molar refractivity (Wildman–Crippen MR) is 103 cm³/mol. The molecule has 0 bridgehead atoms. The van der Waals surface area contributed by atoms with Crippen molar-refractivity contribution < 1.29 is 14.3 Å². The molecular formula is C20H23NO3S. The van der Waals surface area contributed by atoms with Crippen molar-refractivity contribution in [2.24, 2.45) is 0 Å². The van der Waals surface area contributed by atoms with Gasteiger partial charge in [-0.2, -0.15) is 11.8 Å². The van der Waals surface area contributed by atoms with Crippen molar-refractivity contribution in [3.8, 4) is 11.5 Å². The quantitative estimate of drug-likeness (QED) is 0.782. The van der Waals surface area contributed by atoms with E-state index < -0.39 is 0 Å². The molecule has 25 heavy (non-hydrogen) atoms. The molecule has 0 unspecified atom stereocenters. The number of benzene rings is 2. The van der Waals surface area contributed by atoms with Gasteiger partial charge in [-0.05, 0) is 37.1 Å². The summed E-state index contributed by atoms with van der Waals surface area (Å²) < 4.78 is 11.0. The average molecular weight is 357 g/mol. The first-order valence-electron chi connectivity index (χ1n) is 8.45. The number of ether oxygens (including phenoxy) is 2. The molecule has 0 saturated carbocycles. The Morgan fingerprint density at radius 3 is 2.72 bits per heavy atom.